The Bertz CT molecular complexity index is 1390. The normalized spacial score (nSPS) is 32.4. The van der Waals surface area contributed by atoms with Gasteiger partial charge in [0.05, 0.1) is 29.3 Å². The molecule has 6 heteroatoms. The summed E-state index contributed by atoms with van der Waals surface area (Å²) in [5.74, 6) is 1.75. The molecular weight excluding hydrogens is 496 g/mol. The van der Waals surface area contributed by atoms with E-state index in [0.29, 0.717) is 35.3 Å². The van der Waals surface area contributed by atoms with E-state index in [4.69, 9.17) is 0 Å². The quantitative estimate of drug-likeness (QED) is 0.537. The minimum absolute atomic E-state index is 0.0226. The first-order chi connectivity index (χ1) is 19.3. The molecule has 1 heterocycles. The molecule has 3 fully saturated rings. The first kappa shape index (κ1) is 26.3. The number of ketones is 1. The number of hydrogen-bond acceptors (Lipinski definition) is 5. The third kappa shape index (κ3) is 4.22. The number of carbonyl (C=O) groups excluding carboxylic acids is 2. The third-order valence-electron chi connectivity index (χ3n) is 10.9. The minimum atomic E-state index is -0.366. The number of fused-ring (bicyclic) bond motifs is 5. The van der Waals surface area contributed by atoms with Crippen molar-refractivity contribution in [2.24, 2.45) is 34.5 Å². The molecule has 0 bridgehead atoms. The Labute approximate surface area is 236 Å². The standard InChI is InChI=1S/C34H36N4O2/c1-33-16-14-28-26(20-37-30-17-25(39)13-15-34(28,30)2)27(33)11-12-29(33)32(40)38-31(23-7-3-21(18-35)4-8-23)24-9-5-22(19-36)6-10-24/h3-10,17,26-29,31,37H,11-16,20H2,1-2H3,(H,38,40)/t26?,27?,28?,29?,33-,34+/m0/s1. The Balaban J connectivity index is 1.25. The van der Waals surface area contributed by atoms with Crippen molar-refractivity contribution in [2.45, 2.75) is 58.4 Å². The summed E-state index contributed by atoms with van der Waals surface area (Å²) in [6, 6.07) is 18.7. The van der Waals surface area contributed by atoms with Crippen LogP contribution >= 0.6 is 0 Å². The number of allylic oxidation sites excluding steroid dienone is 2. The zero-order chi connectivity index (χ0) is 28.1. The van der Waals surface area contributed by atoms with Gasteiger partial charge in [0.15, 0.2) is 5.78 Å². The lowest BCUT2D eigenvalue weighted by Gasteiger charge is -2.58. The van der Waals surface area contributed by atoms with Crippen LogP contribution in [0.5, 0.6) is 0 Å². The summed E-state index contributed by atoms with van der Waals surface area (Å²) in [6.45, 7) is 5.56. The fourth-order valence-electron chi connectivity index (χ4n) is 8.68. The molecule has 204 valence electrons. The van der Waals surface area contributed by atoms with Crippen molar-refractivity contribution >= 4 is 11.7 Å². The van der Waals surface area contributed by atoms with Crippen LogP contribution in [-0.2, 0) is 9.59 Å². The zero-order valence-corrected chi connectivity index (χ0v) is 23.2. The summed E-state index contributed by atoms with van der Waals surface area (Å²) < 4.78 is 0. The number of amides is 1. The molecule has 0 spiro atoms. The maximum Gasteiger partial charge on any atom is 0.224 e. The number of hydrogen-bond donors (Lipinski definition) is 2. The lowest BCUT2D eigenvalue weighted by Crippen LogP contribution is -2.57. The number of benzene rings is 2. The van der Waals surface area contributed by atoms with Gasteiger partial charge < -0.3 is 10.6 Å². The summed E-state index contributed by atoms with van der Waals surface area (Å²) in [5, 5.41) is 25.6. The van der Waals surface area contributed by atoms with Crippen LogP contribution in [0.4, 0.5) is 0 Å². The highest BCUT2D eigenvalue weighted by molar-refractivity contribution is 5.91. The average molecular weight is 533 g/mol. The van der Waals surface area contributed by atoms with Gasteiger partial charge in [-0.1, -0.05) is 38.1 Å². The van der Waals surface area contributed by atoms with E-state index in [1.807, 2.05) is 30.3 Å². The summed E-state index contributed by atoms with van der Waals surface area (Å²) in [7, 11) is 0. The Hall–Kier alpha value is -3.90. The number of carbonyl (C=O) groups is 2. The molecule has 4 aliphatic rings. The van der Waals surface area contributed by atoms with E-state index in [9.17, 15) is 20.1 Å². The average Bonchev–Trinajstić information content (AvgIpc) is 3.34. The molecule has 6 nitrogen and oxygen atoms in total. The summed E-state index contributed by atoms with van der Waals surface area (Å²) in [4.78, 5) is 26.3. The van der Waals surface area contributed by atoms with Gasteiger partial charge in [-0.2, -0.15) is 10.5 Å². The van der Waals surface area contributed by atoms with Crippen LogP contribution in [0.15, 0.2) is 60.3 Å². The minimum Gasteiger partial charge on any atom is -0.387 e. The van der Waals surface area contributed by atoms with Gasteiger partial charge in [0.2, 0.25) is 5.91 Å². The highest BCUT2D eigenvalue weighted by Crippen LogP contribution is 2.64. The molecule has 1 aliphatic heterocycles. The maximum atomic E-state index is 14.1. The molecule has 4 unspecified atom stereocenters. The Morgan fingerprint density at radius 3 is 2.15 bits per heavy atom. The second-order valence-electron chi connectivity index (χ2n) is 12.8. The van der Waals surface area contributed by atoms with Crippen molar-refractivity contribution in [2.75, 3.05) is 6.54 Å². The molecule has 1 amide bonds. The van der Waals surface area contributed by atoms with E-state index in [1.54, 1.807) is 24.3 Å². The molecule has 0 radical (unpaired) electrons. The van der Waals surface area contributed by atoms with Gasteiger partial charge >= 0.3 is 0 Å². The fourth-order valence-corrected chi connectivity index (χ4v) is 8.68. The fraction of sp³-hybridized carbons (Fsp3) is 0.471. The second kappa shape index (κ2) is 9.93. The van der Waals surface area contributed by atoms with Crippen molar-refractivity contribution in [3.63, 3.8) is 0 Å². The third-order valence-corrected chi connectivity index (χ3v) is 10.9. The Kier molecular flexibility index (Phi) is 6.54. The SMILES string of the molecule is C[C@]12CCC3C(CNC4=CC(=O)CC[C@@]43C)C1CCC2C(=O)NC(c1ccc(C#N)cc1)c1ccc(C#N)cc1. The second-order valence-corrected chi connectivity index (χ2v) is 12.8. The first-order valence-corrected chi connectivity index (χ1v) is 14.6. The molecule has 2 aromatic carbocycles. The van der Waals surface area contributed by atoms with Crippen molar-refractivity contribution in [3.8, 4) is 12.1 Å². The maximum absolute atomic E-state index is 14.1. The summed E-state index contributed by atoms with van der Waals surface area (Å²) in [5.41, 5.74) is 4.06. The molecule has 0 aromatic heterocycles. The van der Waals surface area contributed by atoms with Gasteiger partial charge in [0.25, 0.3) is 0 Å². The Morgan fingerprint density at radius 1 is 0.925 bits per heavy atom. The van der Waals surface area contributed by atoms with Crippen molar-refractivity contribution in [1.82, 2.24) is 10.6 Å². The van der Waals surface area contributed by atoms with E-state index in [0.717, 1.165) is 55.5 Å². The van der Waals surface area contributed by atoms with E-state index >= 15 is 0 Å². The van der Waals surface area contributed by atoms with E-state index in [-0.39, 0.29) is 34.5 Å². The van der Waals surface area contributed by atoms with Crippen LogP contribution in [0, 0.1) is 57.2 Å². The predicted molar refractivity (Wildman–Crippen MR) is 151 cm³/mol. The molecule has 2 aromatic rings. The van der Waals surface area contributed by atoms with Crippen molar-refractivity contribution in [1.29, 1.82) is 10.5 Å². The smallest absolute Gasteiger partial charge is 0.224 e. The van der Waals surface area contributed by atoms with Gasteiger partial charge in [0, 0.05) is 36.1 Å². The van der Waals surface area contributed by atoms with E-state index < -0.39 is 0 Å². The highest BCUT2D eigenvalue weighted by Gasteiger charge is 2.60. The molecule has 6 atom stereocenters. The van der Waals surface area contributed by atoms with Crippen molar-refractivity contribution in [3.05, 3.63) is 82.6 Å². The number of nitrogens with zero attached hydrogens (tertiary/aromatic N) is 2. The molecule has 3 aliphatic carbocycles. The zero-order valence-electron chi connectivity index (χ0n) is 23.2. The van der Waals surface area contributed by atoms with Crippen LogP contribution in [0.3, 0.4) is 0 Å². The summed E-state index contributed by atoms with van der Waals surface area (Å²) >= 11 is 0. The van der Waals surface area contributed by atoms with Crippen molar-refractivity contribution < 1.29 is 9.59 Å². The molecule has 40 heavy (non-hydrogen) atoms. The molecule has 2 saturated carbocycles. The molecule has 1 saturated heterocycles. The van der Waals surface area contributed by atoms with Crippen LogP contribution in [0.1, 0.15) is 80.7 Å². The van der Waals surface area contributed by atoms with Crippen LogP contribution in [-0.4, -0.2) is 18.2 Å². The largest absolute Gasteiger partial charge is 0.387 e. The topological polar surface area (TPSA) is 106 Å². The van der Waals surface area contributed by atoms with E-state index in [1.165, 1.54) is 0 Å². The number of rotatable bonds is 4. The molecular formula is C34H36N4O2. The van der Waals surface area contributed by atoms with Crippen LogP contribution in [0.25, 0.3) is 0 Å². The van der Waals surface area contributed by atoms with Gasteiger partial charge in [0.1, 0.15) is 0 Å². The lowest BCUT2D eigenvalue weighted by atomic mass is 9.50. The number of piperidine rings is 1. The summed E-state index contributed by atoms with van der Waals surface area (Å²) in [6.07, 6.45) is 7.42. The van der Waals surface area contributed by atoms with Gasteiger partial charge in [-0.3, -0.25) is 9.59 Å². The van der Waals surface area contributed by atoms with Gasteiger partial charge in [-0.25, -0.2) is 0 Å². The predicted octanol–water partition coefficient (Wildman–Crippen LogP) is 5.55. The van der Waals surface area contributed by atoms with E-state index in [2.05, 4.69) is 36.6 Å². The molecule has 2 N–H and O–H groups in total. The van der Waals surface area contributed by atoms with Crippen LogP contribution < -0.4 is 10.6 Å². The van der Waals surface area contributed by atoms with Crippen LogP contribution in [0.2, 0.25) is 0 Å². The Morgan fingerprint density at radius 2 is 1.55 bits per heavy atom. The first-order valence-electron chi connectivity index (χ1n) is 14.6. The number of nitrogens with one attached hydrogen (secondary N) is 2. The highest BCUT2D eigenvalue weighted by atomic mass is 16.2. The van der Waals surface area contributed by atoms with Gasteiger partial charge in [-0.15, -0.1) is 0 Å². The lowest BCUT2D eigenvalue weighted by molar-refractivity contribution is -0.133. The monoisotopic (exact) mass is 532 g/mol. The molecule has 6 rings (SSSR count). The number of nitriles is 2. The van der Waals surface area contributed by atoms with Gasteiger partial charge in [-0.05, 0) is 90.7 Å².